The van der Waals surface area contributed by atoms with Crippen LogP contribution in [0.4, 0.5) is 16.3 Å². The topological polar surface area (TPSA) is 138 Å². The zero-order valence-electron chi connectivity index (χ0n) is 16.9. The maximum absolute atomic E-state index is 12.2. The minimum Gasteiger partial charge on any atom is -0.446 e. The van der Waals surface area contributed by atoms with E-state index in [4.69, 9.17) is 4.74 Å². The molecule has 2 aromatic rings. The highest BCUT2D eigenvalue weighted by atomic mass is 32.2. The summed E-state index contributed by atoms with van der Waals surface area (Å²) in [6.07, 6.45) is 5.50. The number of hydrogen-bond donors (Lipinski definition) is 4. The molecule has 0 unspecified atom stereocenters. The van der Waals surface area contributed by atoms with Crippen LogP contribution < -0.4 is 15.4 Å². The summed E-state index contributed by atoms with van der Waals surface area (Å²) in [5, 5.41) is 13.3. The van der Waals surface area contributed by atoms with Crippen LogP contribution in [0.25, 0.3) is 0 Å². The summed E-state index contributed by atoms with van der Waals surface area (Å²) in [6, 6.07) is 1.95. The Kier molecular flexibility index (Phi) is 5.65. The number of rotatable bonds is 5. The molecule has 1 saturated carbocycles. The molecule has 2 aliphatic rings. The number of H-pyrrole nitrogens is 1. The van der Waals surface area contributed by atoms with Crippen molar-refractivity contribution in [3.8, 4) is 0 Å². The van der Waals surface area contributed by atoms with E-state index in [-0.39, 0.29) is 29.1 Å². The highest BCUT2D eigenvalue weighted by Gasteiger charge is 2.30. The lowest BCUT2D eigenvalue weighted by Crippen LogP contribution is -2.33. The van der Waals surface area contributed by atoms with Crippen molar-refractivity contribution < 1.29 is 17.9 Å². The van der Waals surface area contributed by atoms with Gasteiger partial charge in [-0.2, -0.15) is 5.10 Å². The second-order valence-corrected chi connectivity index (χ2v) is 9.72. The number of ether oxygens (including phenoxy) is 1. The van der Waals surface area contributed by atoms with E-state index in [1.807, 2.05) is 19.9 Å². The summed E-state index contributed by atoms with van der Waals surface area (Å²) in [7, 11) is -3.52. The maximum Gasteiger partial charge on any atom is 0.407 e. The molecule has 2 aromatic heterocycles. The minimum absolute atomic E-state index is 0.0416. The van der Waals surface area contributed by atoms with E-state index in [0.29, 0.717) is 30.0 Å². The normalized spacial score (nSPS) is 22.5. The summed E-state index contributed by atoms with van der Waals surface area (Å²) < 4.78 is 32.4. The molecule has 11 heteroatoms. The fourth-order valence-corrected chi connectivity index (χ4v) is 5.21. The predicted octanol–water partition coefficient (Wildman–Crippen LogP) is 2.15. The molecule has 2 atom stereocenters. The van der Waals surface area contributed by atoms with Crippen LogP contribution in [0.2, 0.25) is 0 Å². The Morgan fingerprint density at radius 2 is 2.13 bits per heavy atom. The number of anilines is 2. The first-order chi connectivity index (χ1) is 14.3. The molecule has 1 amide bonds. The monoisotopic (exact) mass is 434 g/mol. The number of hydrogen-bond acceptors (Lipinski definition) is 7. The zero-order chi connectivity index (χ0) is 21.3. The SMILES string of the molecule is CC(C)NC(=O)O[C@@H]1CC[C@H](c2cc(Nc3cncc4c3CCNS4(=O)=O)n[nH]2)C1. The van der Waals surface area contributed by atoms with Gasteiger partial charge in [-0.1, -0.05) is 0 Å². The van der Waals surface area contributed by atoms with Crippen LogP contribution in [0.5, 0.6) is 0 Å². The number of sulfonamides is 1. The first kappa shape index (κ1) is 20.6. The molecule has 0 spiro atoms. The van der Waals surface area contributed by atoms with Crippen LogP contribution in [0.1, 0.15) is 50.3 Å². The number of pyridine rings is 1. The number of aromatic amines is 1. The number of carbonyl (C=O) groups excluding carboxylic acids is 1. The van der Waals surface area contributed by atoms with E-state index in [0.717, 1.165) is 25.0 Å². The molecule has 4 rings (SSSR count). The van der Waals surface area contributed by atoms with Gasteiger partial charge in [0.25, 0.3) is 0 Å². The summed E-state index contributed by atoms with van der Waals surface area (Å²) in [4.78, 5) is 16.1. The third-order valence-corrected chi connectivity index (χ3v) is 6.85. The van der Waals surface area contributed by atoms with Gasteiger partial charge in [0.2, 0.25) is 10.0 Å². The van der Waals surface area contributed by atoms with Crippen molar-refractivity contribution >= 4 is 27.6 Å². The summed E-state index contributed by atoms with van der Waals surface area (Å²) >= 11 is 0. The molecular formula is C19H26N6O4S. The number of aromatic nitrogens is 3. The van der Waals surface area contributed by atoms with Gasteiger partial charge in [0.15, 0.2) is 5.82 Å². The zero-order valence-corrected chi connectivity index (χ0v) is 17.8. The molecule has 0 bridgehead atoms. The lowest BCUT2D eigenvalue weighted by Gasteiger charge is -2.19. The van der Waals surface area contributed by atoms with E-state index in [2.05, 4.69) is 30.5 Å². The summed E-state index contributed by atoms with van der Waals surface area (Å²) in [5.41, 5.74) is 2.30. The Hall–Kier alpha value is -2.66. The van der Waals surface area contributed by atoms with Crippen molar-refractivity contribution in [2.75, 3.05) is 11.9 Å². The number of fused-ring (bicyclic) bond motifs is 1. The fraction of sp³-hybridized carbons (Fsp3) is 0.526. The largest absolute Gasteiger partial charge is 0.446 e. The third-order valence-electron chi connectivity index (χ3n) is 5.34. The van der Waals surface area contributed by atoms with Crippen LogP contribution in [-0.4, -0.2) is 48.4 Å². The Bertz CT molecular complexity index is 1040. The molecule has 4 N–H and O–H groups in total. The van der Waals surface area contributed by atoms with Gasteiger partial charge in [-0.05, 0) is 39.5 Å². The van der Waals surface area contributed by atoms with E-state index in [1.54, 1.807) is 6.20 Å². The molecular weight excluding hydrogens is 408 g/mol. The average molecular weight is 435 g/mol. The van der Waals surface area contributed by atoms with Gasteiger partial charge < -0.3 is 15.4 Å². The van der Waals surface area contributed by atoms with Gasteiger partial charge in [-0.3, -0.25) is 10.1 Å². The van der Waals surface area contributed by atoms with Crippen LogP contribution in [0, 0.1) is 0 Å². The van der Waals surface area contributed by atoms with Crippen LogP contribution >= 0.6 is 0 Å². The molecule has 162 valence electrons. The highest BCUT2D eigenvalue weighted by Crippen LogP contribution is 2.36. The smallest absolute Gasteiger partial charge is 0.407 e. The maximum atomic E-state index is 12.2. The molecule has 0 saturated heterocycles. The van der Waals surface area contributed by atoms with Crippen LogP contribution in [0.15, 0.2) is 23.4 Å². The third kappa shape index (κ3) is 4.41. The Labute approximate surface area is 175 Å². The van der Waals surface area contributed by atoms with E-state index in [1.165, 1.54) is 6.20 Å². The van der Waals surface area contributed by atoms with Gasteiger partial charge in [0, 0.05) is 42.0 Å². The van der Waals surface area contributed by atoms with Crippen molar-refractivity contribution in [3.05, 3.63) is 29.7 Å². The number of carbonyl (C=O) groups is 1. The molecule has 0 aromatic carbocycles. The molecule has 30 heavy (non-hydrogen) atoms. The standard InChI is InChI=1S/C19H26N6O4S/c1-11(2)22-19(26)29-13-4-3-12(7-13)15-8-18(25-24-15)23-16-9-20-10-17-14(16)5-6-21-30(17,27)28/h8-13,21H,3-7H2,1-2H3,(H,22,26)(H2,23,24,25)/t12-,13+/m0/s1. The van der Waals surface area contributed by atoms with Crippen LogP contribution in [-0.2, 0) is 21.2 Å². The average Bonchev–Trinajstić information content (AvgIpc) is 3.31. The molecule has 0 radical (unpaired) electrons. The van der Waals surface area contributed by atoms with Crippen molar-refractivity contribution in [1.82, 2.24) is 25.2 Å². The first-order valence-electron chi connectivity index (χ1n) is 10.1. The summed E-state index contributed by atoms with van der Waals surface area (Å²) in [5.74, 6) is 0.815. The van der Waals surface area contributed by atoms with Crippen molar-refractivity contribution in [2.24, 2.45) is 0 Å². The molecule has 1 aliphatic heterocycles. The van der Waals surface area contributed by atoms with Crippen molar-refractivity contribution in [2.45, 2.75) is 62.5 Å². The Morgan fingerprint density at radius 3 is 2.93 bits per heavy atom. The first-order valence-corrected chi connectivity index (χ1v) is 11.6. The van der Waals surface area contributed by atoms with Gasteiger partial charge in [0.1, 0.15) is 11.0 Å². The lowest BCUT2D eigenvalue weighted by molar-refractivity contribution is 0.0981. The second-order valence-electron chi connectivity index (χ2n) is 7.98. The van der Waals surface area contributed by atoms with E-state index in [9.17, 15) is 13.2 Å². The van der Waals surface area contributed by atoms with Gasteiger partial charge in [0.05, 0.1) is 11.9 Å². The van der Waals surface area contributed by atoms with Gasteiger partial charge in [-0.25, -0.2) is 17.9 Å². The van der Waals surface area contributed by atoms with E-state index >= 15 is 0 Å². The Morgan fingerprint density at radius 1 is 1.30 bits per heavy atom. The molecule has 1 aliphatic carbocycles. The van der Waals surface area contributed by atoms with Gasteiger partial charge in [-0.15, -0.1) is 0 Å². The number of alkyl carbamates (subject to hydrolysis) is 1. The summed E-state index contributed by atoms with van der Waals surface area (Å²) in [6.45, 7) is 4.14. The minimum atomic E-state index is -3.52. The fourth-order valence-electron chi connectivity index (χ4n) is 3.95. The number of nitrogens with one attached hydrogen (secondary N) is 4. The second kappa shape index (κ2) is 8.23. The number of amides is 1. The molecule has 10 nitrogen and oxygen atoms in total. The lowest BCUT2D eigenvalue weighted by atomic mass is 10.0. The van der Waals surface area contributed by atoms with Crippen molar-refractivity contribution in [1.29, 1.82) is 0 Å². The molecule has 3 heterocycles. The van der Waals surface area contributed by atoms with E-state index < -0.39 is 10.0 Å². The molecule has 1 fully saturated rings. The number of nitrogens with zero attached hydrogens (tertiary/aromatic N) is 2. The van der Waals surface area contributed by atoms with Gasteiger partial charge >= 0.3 is 6.09 Å². The van der Waals surface area contributed by atoms with Crippen molar-refractivity contribution in [3.63, 3.8) is 0 Å². The quantitative estimate of drug-likeness (QED) is 0.566. The highest BCUT2D eigenvalue weighted by molar-refractivity contribution is 7.89. The predicted molar refractivity (Wildman–Crippen MR) is 110 cm³/mol. The Balaban J connectivity index is 1.42. The van der Waals surface area contributed by atoms with Crippen LogP contribution in [0.3, 0.4) is 0 Å².